The molecule has 0 atom stereocenters. The molecule has 1 fully saturated rings. The summed E-state index contributed by atoms with van der Waals surface area (Å²) >= 11 is 0. The van der Waals surface area contributed by atoms with E-state index in [1.807, 2.05) is 19.1 Å². The maximum atomic E-state index is 13.0. The van der Waals surface area contributed by atoms with Crippen molar-refractivity contribution in [3.05, 3.63) is 53.6 Å². The fourth-order valence-electron chi connectivity index (χ4n) is 3.55. The van der Waals surface area contributed by atoms with Crippen molar-refractivity contribution in [3.63, 3.8) is 0 Å². The Labute approximate surface area is 170 Å². The molecule has 0 bridgehead atoms. The van der Waals surface area contributed by atoms with E-state index in [9.17, 15) is 13.2 Å². The van der Waals surface area contributed by atoms with Gasteiger partial charge in [0.25, 0.3) is 5.91 Å². The van der Waals surface area contributed by atoms with Gasteiger partial charge in [0.2, 0.25) is 10.0 Å². The Morgan fingerprint density at radius 2 is 1.66 bits per heavy atom. The molecule has 2 aromatic carbocycles. The zero-order chi connectivity index (χ0) is 20.4. The van der Waals surface area contributed by atoms with Crippen LogP contribution < -0.4 is 14.8 Å². The van der Waals surface area contributed by atoms with E-state index in [2.05, 4.69) is 5.32 Å². The molecule has 7 nitrogen and oxygen atoms in total. The Morgan fingerprint density at radius 1 is 1.00 bits per heavy atom. The van der Waals surface area contributed by atoms with Crippen LogP contribution in [-0.2, 0) is 10.0 Å². The summed E-state index contributed by atoms with van der Waals surface area (Å²) in [5.74, 6) is 0.892. The average Bonchev–Trinajstić information content (AvgIpc) is 2.74. The molecule has 1 saturated heterocycles. The van der Waals surface area contributed by atoms with Crippen LogP contribution in [-0.4, -0.2) is 51.0 Å². The molecule has 0 saturated carbocycles. The minimum Gasteiger partial charge on any atom is -0.486 e. The molecule has 1 amide bonds. The predicted molar refractivity (Wildman–Crippen MR) is 108 cm³/mol. The molecule has 2 aromatic rings. The first-order valence-corrected chi connectivity index (χ1v) is 11.1. The van der Waals surface area contributed by atoms with Crippen molar-refractivity contribution in [1.29, 1.82) is 0 Å². The van der Waals surface area contributed by atoms with Crippen LogP contribution in [0.3, 0.4) is 0 Å². The highest BCUT2D eigenvalue weighted by atomic mass is 32.2. The quantitative estimate of drug-likeness (QED) is 0.827. The lowest BCUT2D eigenvalue weighted by atomic mass is 10.1. The van der Waals surface area contributed by atoms with Crippen molar-refractivity contribution >= 4 is 15.9 Å². The number of amides is 1. The van der Waals surface area contributed by atoms with E-state index in [0.717, 1.165) is 5.56 Å². The fraction of sp³-hybridized carbons (Fsp3) is 0.381. The number of hydrogen-bond acceptors (Lipinski definition) is 5. The Morgan fingerprint density at radius 3 is 2.34 bits per heavy atom. The first-order valence-electron chi connectivity index (χ1n) is 9.71. The van der Waals surface area contributed by atoms with Crippen LogP contribution in [0.4, 0.5) is 0 Å². The van der Waals surface area contributed by atoms with Crippen molar-refractivity contribution in [2.24, 2.45) is 0 Å². The van der Waals surface area contributed by atoms with E-state index < -0.39 is 10.0 Å². The number of aryl methyl sites for hydroxylation is 1. The summed E-state index contributed by atoms with van der Waals surface area (Å²) < 4.78 is 38.4. The normalized spacial score (nSPS) is 17.7. The number of hydrogen-bond donors (Lipinski definition) is 1. The number of ether oxygens (including phenoxy) is 2. The van der Waals surface area contributed by atoms with E-state index in [1.54, 1.807) is 24.3 Å². The van der Waals surface area contributed by atoms with E-state index in [-0.39, 0.29) is 16.8 Å². The Bertz CT molecular complexity index is 996. The number of rotatable bonds is 4. The number of sulfonamides is 1. The number of piperidine rings is 1. The Hall–Kier alpha value is -2.58. The number of benzene rings is 2. The summed E-state index contributed by atoms with van der Waals surface area (Å²) in [6.07, 6.45) is 1.14. The zero-order valence-electron chi connectivity index (χ0n) is 16.3. The maximum absolute atomic E-state index is 13.0. The highest BCUT2D eigenvalue weighted by molar-refractivity contribution is 7.89. The highest BCUT2D eigenvalue weighted by Gasteiger charge is 2.31. The monoisotopic (exact) mass is 416 g/mol. The number of carbonyl (C=O) groups is 1. The first-order chi connectivity index (χ1) is 13.9. The third-order valence-corrected chi connectivity index (χ3v) is 7.15. The van der Waals surface area contributed by atoms with E-state index in [1.165, 1.54) is 10.4 Å². The van der Waals surface area contributed by atoms with Crippen molar-refractivity contribution in [2.75, 3.05) is 26.3 Å². The SMILES string of the molecule is Cc1ccc(C(=O)NC2CCN(S(=O)(=O)c3ccc4c(c3)OCCO4)CC2)cc1. The number of fused-ring (bicyclic) bond motifs is 1. The molecule has 0 spiro atoms. The van der Waals surface area contributed by atoms with Crippen LogP contribution >= 0.6 is 0 Å². The molecule has 2 heterocycles. The van der Waals surface area contributed by atoms with Crippen LogP contribution in [0, 0.1) is 6.92 Å². The van der Waals surface area contributed by atoms with Gasteiger partial charge in [-0.05, 0) is 44.0 Å². The van der Waals surface area contributed by atoms with Crippen LogP contribution in [0.1, 0.15) is 28.8 Å². The lowest BCUT2D eigenvalue weighted by molar-refractivity contribution is 0.0924. The minimum absolute atomic E-state index is 0.0458. The topological polar surface area (TPSA) is 84.9 Å². The molecular formula is C21H24N2O5S. The molecule has 2 aliphatic rings. The predicted octanol–water partition coefficient (Wildman–Crippen LogP) is 2.35. The van der Waals surface area contributed by atoms with Gasteiger partial charge in [0, 0.05) is 30.8 Å². The van der Waals surface area contributed by atoms with Crippen LogP contribution in [0.5, 0.6) is 11.5 Å². The second kappa shape index (κ2) is 8.04. The average molecular weight is 416 g/mol. The lowest BCUT2D eigenvalue weighted by Crippen LogP contribution is -2.46. The standard InChI is InChI=1S/C21H24N2O5S/c1-15-2-4-16(5-3-15)21(24)22-17-8-10-23(11-9-17)29(25,26)18-6-7-19-20(14-18)28-13-12-27-19/h2-7,14,17H,8-13H2,1H3,(H,22,24). The van der Waals surface area contributed by atoms with Crippen molar-refractivity contribution in [3.8, 4) is 11.5 Å². The van der Waals surface area contributed by atoms with Gasteiger partial charge in [-0.1, -0.05) is 17.7 Å². The highest BCUT2D eigenvalue weighted by Crippen LogP contribution is 2.33. The van der Waals surface area contributed by atoms with E-state index >= 15 is 0 Å². The molecule has 29 heavy (non-hydrogen) atoms. The second-order valence-electron chi connectivity index (χ2n) is 7.32. The first kappa shape index (κ1) is 19.7. The summed E-state index contributed by atoms with van der Waals surface area (Å²) in [4.78, 5) is 12.6. The summed E-state index contributed by atoms with van der Waals surface area (Å²) in [5, 5.41) is 3.01. The van der Waals surface area contributed by atoms with Gasteiger partial charge in [-0.3, -0.25) is 4.79 Å². The van der Waals surface area contributed by atoms with Gasteiger partial charge in [0.1, 0.15) is 13.2 Å². The number of nitrogens with one attached hydrogen (secondary N) is 1. The minimum atomic E-state index is -3.62. The molecule has 2 aliphatic heterocycles. The Kier molecular flexibility index (Phi) is 5.47. The molecule has 154 valence electrons. The van der Waals surface area contributed by atoms with Crippen molar-refractivity contribution < 1.29 is 22.7 Å². The maximum Gasteiger partial charge on any atom is 0.251 e. The van der Waals surface area contributed by atoms with Gasteiger partial charge < -0.3 is 14.8 Å². The molecule has 0 unspecified atom stereocenters. The lowest BCUT2D eigenvalue weighted by Gasteiger charge is -2.32. The van der Waals surface area contributed by atoms with Gasteiger partial charge in [-0.2, -0.15) is 4.31 Å². The summed E-state index contributed by atoms with van der Waals surface area (Å²) in [6, 6.07) is 12.1. The second-order valence-corrected chi connectivity index (χ2v) is 9.26. The fourth-order valence-corrected chi connectivity index (χ4v) is 5.03. The Balaban J connectivity index is 1.38. The summed E-state index contributed by atoms with van der Waals surface area (Å²) in [7, 11) is -3.62. The summed E-state index contributed by atoms with van der Waals surface area (Å²) in [5.41, 5.74) is 1.71. The van der Waals surface area contributed by atoms with Gasteiger partial charge in [-0.15, -0.1) is 0 Å². The molecule has 4 rings (SSSR count). The summed E-state index contributed by atoms with van der Waals surface area (Å²) in [6.45, 7) is 3.55. The van der Waals surface area contributed by atoms with Crippen LogP contribution in [0.15, 0.2) is 47.4 Å². The molecule has 0 aromatic heterocycles. The van der Waals surface area contributed by atoms with E-state index in [4.69, 9.17) is 9.47 Å². The van der Waals surface area contributed by atoms with Gasteiger partial charge >= 0.3 is 0 Å². The molecule has 8 heteroatoms. The van der Waals surface area contributed by atoms with Gasteiger partial charge in [-0.25, -0.2) is 8.42 Å². The van der Waals surface area contributed by atoms with Crippen LogP contribution in [0.25, 0.3) is 0 Å². The third kappa shape index (κ3) is 4.23. The van der Waals surface area contributed by atoms with Gasteiger partial charge in [0.05, 0.1) is 4.90 Å². The largest absolute Gasteiger partial charge is 0.486 e. The molecule has 0 aliphatic carbocycles. The molecular weight excluding hydrogens is 392 g/mol. The van der Waals surface area contributed by atoms with Crippen molar-refractivity contribution in [2.45, 2.75) is 30.7 Å². The van der Waals surface area contributed by atoms with E-state index in [0.29, 0.717) is 56.2 Å². The number of nitrogens with zero attached hydrogens (tertiary/aromatic N) is 1. The zero-order valence-corrected chi connectivity index (χ0v) is 17.1. The molecule has 1 N–H and O–H groups in total. The third-order valence-electron chi connectivity index (χ3n) is 5.25. The smallest absolute Gasteiger partial charge is 0.251 e. The van der Waals surface area contributed by atoms with Crippen LogP contribution in [0.2, 0.25) is 0 Å². The van der Waals surface area contributed by atoms with Crippen molar-refractivity contribution in [1.82, 2.24) is 9.62 Å². The molecule has 0 radical (unpaired) electrons. The number of carbonyl (C=O) groups excluding carboxylic acids is 1. The van der Waals surface area contributed by atoms with Gasteiger partial charge in [0.15, 0.2) is 11.5 Å².